The molecule has 1 N–H and O–H groups in total. The molecular formula is C21H29N5O3S. The van der Waals surface area contributed by atoms with Gasteiger partial charge in [-0.2, -0.15) is 0 Å². The third-order valence-corrected chi connectivity index (χ3v) is 8.91. The molecule has 0 aromatic carbocycles. The highest BCUT2D eigenvalue weighted by Crippen LogP contribution is 2.39. The smallest absolute Gasteiger partial charge is 0.258 e. The molecule has 2 fully saturated rings. The van der Waals surface area contributed by atoms with Crippen molar-refractivity contribution >= 4 is 32.7 Å². The van der Waals surface area contributed by atoms with Gasteiger partial charge in [0.05, 0.1) is 23.7 Å². The van der Waals surface area contributed by atoms with Gasteiger partial charge in [0.25, 0.3) is 5.91 Å². The molecule has 9 heteroatoms. The van der Waals surface area contributed by atoms with E-state index in [4.69, 9.17) is 0 Å². The number of nitrogens with one attached hydrogen (secondary N) is 1. The van der Waals surface area contributed by atoms with Crippen molar-refractivity contribution in [2.75, 3.05) is 37.0 Å². The SMILES string of the molecule is CCN1CN([C@H]2CC[C@H](CN3CCCS3(=O)=O)CC2)c2c(cnc3[nH]ccc23)C1=O. The maximum Gasteiger partial charge on any atom is 0.258 e. The number of carbonyl (C=O) groups is 1. The van der Waals surface area contributed by atoms with Crippen LogP contribution in [0.5, 0.6) is 0 Å². The number of hydrogen-bond acceptors (Lipinski definition) is 5. The van der Waals surface area contributed by atoms with E-state index >= 15 is 0 Å². The van der Waals surface area contributed by atoms with Gasteiger partial charge in [0.2, 0.25) is 10.0 Å². The average Bonchev–Trinajstić information content (AvgIpc) is 3.35. The number of H-pyrrole nitrogens is 1. The fourth-order valence-corrected chi connectivity index (χ4v) is 6.91. The van der Waals surface area contributed by atoms with Crippen LogP contribution in [0, 0.1) is 5.92 Å². The summed E-state index contributed by atoms with van der Waals surface area (Å²) in [6, 6.07) is 2.35. The van der Waals surface area contributed by atoms with Gasteiger partial charge in [-0.1, -0.05) is 0 Å². The number of aromatic amines is 1. The van der Waals surface area contributed by atoms with Crippen LogP contribution < -0.4 is 4.90 Å². The minimum Gasteiger partial charge on any atom is -0.349 e. The molecule has 5 rings (SSSR count). The minimum atomic E-state index is -3.03. The van der Waals surface area contributed by atoms with E-state index in [1.165, 1.54) is 0 Å². The Morgan fingerprint density at radius 2 is 2.03 bits per heavy atom. The number of rotatable bonds is 4. The summed E-state index contributed by atoms with van der Waals surface area (Å²) in [7, 11) is -3.03. The topological polar surface area (TPSA) is 89.6 Å². The van der Waals surface area contributed by atoms with Crippen molar-refractivity contribution in [2.24, 2.45) is 5.92 Å². The third kappa shape index (κ3) is 3.28. The van der Waals surface area contributed by atoms with Crippen molar-refractivity contribution in [1.29, 1.82) is 0 Å². The molecule has 162 valence electrons. The largest absolute Gasteiger partial charge is 0.349 e. The number of hydrogen-bond donors (Lipinski definition) is 1. The van der Waals surface area contributed by atoms with Gasteiger partial charge < -0.3 is 14.8 Å². The van der Waals surface area contributed by atoms with Crippen LogP contribution in [-0.2, 0) is 10.0 Å². The molecule has 4 heterocycles. The molecule has 0 bridgehead atoms. The zero-order valence-corrected chi connectivity index (χ0v) is 18.2. The lowest BCUT2D eigenvalue weighted by Crippen LogP contribution is -2.52. The quantitative estimate of drug-likeness (QED) is 0.803. The number of fused-ring (bicyclic) bond motifs is 3. The van der Waals surface area contributed by atoms with Gasteiger partial charge in [0.15, 0.2) is 0 Å². The van der Waals surface area contributed by atoms with Crippen LogP contribution in [0.2, 0.25) is 0 Å². The fourth-order valence-electron chi connectivity index (χ4n) is 5.31. The Kier molecular flexibility index (Phi) is 4.97. The van der Waals surface area contributed by atoms with Crippen molar-refractivity contribution in [3.63, 3.8) is 0 Å². The van der Waals surface area contributed by atoms with Crippen molar-refractivity contribution < 1.29 is 13.2 Å². The molecule has 2 aromatic heterocycles. The molecule has 30 heavy (non-hydrogen) atoms. The van der Waals surface area contributed by atoms with Crippen LogP contribution in [0.25, 0.3) is 11.0 Å². The number of anilines is 1. The van der Waals surface area contributed by atoms with E-state index < -0.39 is 10.0 Å². The summed E-state index contributed by atoms with van der Waals surface area (Å²) in [4.78, 5) is 24.8. The second-order valence-electron chi connectivity index (χ2n) is 8.73. The van der Waals surface area contributed by atoms with Crippen LogP contribution in [0.1, 0.15) is 49.4 Å². The Balaban J connectivity index is 1.37. The van der Waals surface area contributed by atoms with E-state index in [-0.39, 0.29) is 5.91 Å². The number of nitrogens with zero attached hydrogens (tertiary/aromatic N) is 4. The number of sulfonamides is 1. The summed E-state index contributed by atoms with van der Waals surface area (Å²) in [5.74, 6) is 0.772. The van der Waals surface area contributed by atoms with Gasteiger partial charge in [0, 0.05) is 43.5 Å². The van der Waals surface area contributed by atoms with Crippen molar-refractivity contribution in [1.82, 2.24) is 19.2 Å². The first-order valence-corrected chi connectivity index (χ1v) is 12.6. The second kappa shape index (κ2) is 7.53. The van der Waals surface area contributed by atoms with Crippen LogP contribution in [0.3, 0.4) is 0 Å². The van der Waals surface area contributed by atoms with Gasteiger partial charge in [-0.05, 0) is 51.0 Å². The van der Waals surface area contributed by atoms with Gasteiger partial charge in [-0.3, -0.25) is 4.79 Å². The van der Waals surface area contributed by atoms with Gasteiger partial charge in [0.1, 0.15) is 5.65 Å². The van der Waals surface area contributed by atoms with Crippen molar-refractivity contribution in [2.45, 2.75) is 45.1 Å². The van der Waals surface area contributed by atoms with Gasteiger partial charge in [-0.15, -0.1) is 0 Å². The number of pyridine rings is 1. The minimum absolute atomic E-state index is 0.0484. The summed E-state index contributed by atoms with van der Waals surface area (Å²) in [5.41, 5.74) is 2.49. The van der Waals surface area contributed by atoms with Crippen molar-refractivity contribution in [3.8, 4) is 0 Å². The summed E-state index contributed by atoms with van der Waals surface area (Å²) >= 11 is 0. The molecule has 1 saturated carbocycles. The standard InChI is InChI=1S/C21H29N5O3S/c1-2-24-14-26(19-17-8-9-22-20(17)23-12-18(19)21(24)27)16-6-4-15(5-7-16)13-25-10-3-11-30(25,28)29/h8-9,12,15-16H,2-7,10-11,13-14H2,1H3,(H,22,23)/t15-,16-. The maximum absolute atomic E-state index is 12.9. The molecule has 1 amide bonds. The van der Waals surface area contributed by atoms with E-state index in [2.05, 4.69) is 14.9 Å². The zero-order chi connectivity index (χ0) is 20.9. The Morgan fingerprint density at radius 1 is 1.23 bits per heavy atom. The summed E-state index contributed by atoms with van der Waals surface area (Å²) in [6.45, 7) is 4.62. The van der Waals surface area contributed by atoms with Crippen molar-refractivity contribution in [3.05, 3.63) is 24.0 Å². The van der Waals surface area contributed by atoms with Crippen LogP contribution in [0.15, 0.2) is 18.5 Å². The molecule has 8 nitrogen and oxygen atoms in total. The first kappa shape index (κ1) is 19.8. The second-order valence-corrected chi connectivity index (χ2v) is 10.8. The zero-order valence-electron chi connectivity index (χ0n) is 17.4. The Labute approximate surface area is 177 Å². The Hall–Kier alpha value is -2.13. The number of amides is 1. The van der Waals surface area contributed by atoms with Gasteiger partial charge >= 0.3 is 0 Å². The first-order chi connectivity index (χ1) is 14.5. The highest BCUT2D eigenvalue weighted by atomic mass is 32.2. The molecular weight excluding hydrogens is 402 g/mol. The summed E-state index contributed by atoms with van der Waals surface area (Å²) in [5, 5.41) is 1.00. The first-order valence-electron chi connectivity index (χ1n) is 11.0. The average molecular weight is 432 g/mol. The van der Waals surface area contributed by atoms with Crippen LogP contribution in [-0.4, -0.2) is 71.6 Å². The summed E-state index contributed by atoms with van der Waals surface area (Å²) in [6.07, 6.45) is 8.39. The highest BCUT2D eigenvalue weighted by Gasteiger charge is 2.37. The molecule has 0 spiro atoms. The van der Waals surface area contributed by atoms with E-state index in [0.717, 1.165) is 48.8 Å². The molecule has 0 unspecified atom stereocenters. The fraction of sp³-hybridized carbons (Fsp3) is 0.619. The normalized spacial score (nSPS) is 27.0. The molecule has 1 saturated heterocycles. The van der Waals surface area contributed by atoms with E-state index in [1.807, 2.05) is 24.1 Å². The van der Waals surface area contributed by atoms with E-state index in [9.17, 15) is 13.2 Å². The van der Waals surface area contributed by atoms with Crippen LogP contribution in [0.4, 0.5) is 5.69 Å². The lowest BCUT2D eigenvalue weighted by atomic mass is 9.84. The predicted molar refractivity (Wildman–Crippen MR) is 116 cm³/mol. The summed E-state index contributed by atoms with van der Waals surface area (Å²) < 4.78 is 26.0. The van der Waals surface area contributed by atoms with E-state index in [0.29, 0.717) is 49.6 Å². The maximum atomic E-state index is 12.9. The monoisotopic (exact) mass is 431 g/mol. The molecule has 0 radical (unpaired) electrons. The molecule has 1 aliphatic carbocycles. The Bertz CT molecular complexity index is 1060. The third-order valence-electron chi connectivity index (χ3n) is 6.99. The Morgan fingerprint density at radius 3 is 2.73 bits per heavy atom. The number of carbonyl (C=O) groups excluding carboxylic acids is 1. The molecule has 2 aromatic rings. The van der Waals surface area contributed by atoms with E-state index in [1.54, 1.807) is 10.5 Å². The lowest BCUT2D eigenvalue weighted by Gasteiger charge is -2.44. The molecule has 0 atom stereocenters. The van der Waals surface area contributed by atoms with Gasteiger partial charge in [-0.25, -0.2) is 17.7 Å². The lowest BCUT2D eigenvalue weighted by molar-refractivity contribution is 0.0741. The molecule has 3 aliphatic rings. The number of aromatic nitrogens is 2. The highest BCUT2D eigenvalue weighted by molar-refractivity contribution is 7.89. The predicted octanol–water partition coefficient (Wildman–Crippen LogP) is 2.40. The van der Waals surface area contributed by atoms with Crippen LogP contribution >= 0.6 is 0 Å². The molecule has 2 aliphatic heterocycles.